The van der Waals surface area contributed by atoms with Gasteiger partial charge in [0.05, 0.1) is 24.4 Å². The van der Waals surface area contributed by atoms with Crippen molar-refractivity contribution >= 4 is 0 Å². The molecule has 4 heteroatoms. The van der Waals surface area contributed by atoms with Crippen molar-refractivity contribution in [2.75, 3.05) is 19.8 Å². The SMILES string of the molecule is CCOc1cc([C@@H](C)NCCCCc2ccccc2)cc(OCC)c1C1(O)CC1. The van der Waals surface area contributed by atoms with Gasteiger partial charge in [-0.15, -0.1) is 0 Å². The number of benzene rings is 2. The lowest BCUT2D eigenvalue weighted by atomic mass is 9.99. The van der Waals surface area contributed by atoms with Gasteiger partial charge in [0.1, 0.15) is 11.5 Å². The van der Waals surface area contributed by atoms with Gasteiger partial charge in [0.15, 0.2) is 0 Å². The Morgan fingerprint density at radius 2 is 1.62 bits per heavy atom. The smallest absolute Gasteiger partial charge is 0.129 e. The molecule has 0 unspecified atom stereocenters. The Morgan fingerprint density at radius 1 is 1.00 bits per heavy atom. The average molecular weight is 398 g/mol. The Labute approximate surface area is 175 Å². The normalized spacial score (nSPS) is 15.7. The Morgan fingerprint density at radius 3 is 2.17 bits per heavy atom. The van der Waals surface area contributed by atoms with E-state index in [4.69, 9.17) is 9.47 Å². The summed E-state index contributed by atoms with van der Waals surface area (Å²) in [6.45, 7) is 8.22. The van der Waals surface area contributed by atoms with Crippen LogP contribution in [-0.2, 0) is 12.0 Å². The van der Waals surface area contributed by atoms with Gasteiger partial charge in [-0.05, 0) is 82.7 Å². The van der Waals surface area contributed by atoms with E-state index in [2.05, 4.69) is 54.7 Å². The van der Waals surface area contributed by atoms with Crippen molar-refractivity contribution in [1.29, 1.82) is 0 Å². The molecule has 3 rings (SSSR count). The van der Waals surface area contributed by atoms with Crippen LogP contribution in [0.4, 0.5) is 0 Å². The monoisotopic (exact) mass is 397 g/mol. The third kappa shape index (κ3) is 5.74. The van der Waals surface area contributed by atoms with Crippen molar-refractivity contribution in [2.24, 2.45) is 0 Å². The number of aryl methyl sites for hydroxylation is 1. The minimum Gasteiger partial charge on any atom is -0.493 e. The highest BCUT2D eigenvalue weighted by molar-refractivity contribution is 5.54. The molecule has 2 aromatic rings. The lowest BCUT2D eigenvalue weighted by Gasteiger charge is -2.23. The van der Waals surface area contributed by atoms with Crippen LogP contribution >= 0.6 is 0 Å². The largest absolute Gasteiger partial charge is 0.493 e. The summed E-state index contributed by atoms with van der Waals surface area (Å²) in [4.78, 5) is 0. The van der Waals surface area contributed by atoms with Crippen molar-refractivity contribution in [3.8, 4) is 11.5 Å². The van der Waals surface area contributed by atoms with E-state index in [1.54, 1.807) is 0 Å². The topological polar surface area (TPSA) is 50.7 Å². The van der Waals surface area contributed by atoms with Crippen LogP contribution in [0, 0.1) is 0 Å². The second-order valence-electron chi connectivity index (χ2n) is 7.91. The lowest BCUT2D eigenvalue weighted by molar-refractivity contribution is 0.140. The molecule has 158 valence electrons. The van der Waals surface area contributed by atoms with E-state index in [1.165, 1.54) is 12.0 Å². The van der Waals surface area contributed by atoms with E-state index < -0.39 is 5.60 Å². The van der Waals surface area contributed by atoms with Gasteiger partial charge in [-0.3, -0.25) is 0 Å². The van der Waals surface area contributed by atoms with Gasteiger partial charge < -0.3 is 19.9 Å². The molecule has 1 aliphatic rings. The number of unbranched alkanes of at least 4 members (excludes halogenated alkanes) is 1. The van der Waals surface area contributed by atoms with Crippen LogP contribution in [0.2, 0.25) is 0 Å². The number of hydrogen-bond acceptors (Lipinski definition) is 4. The third-order valence-electron chi connectivity index (χ3n) is 5.56. The number of nitrogens with one attached hydrogen (secondary N) is 1. The molecule has 1 fully saturated rings. The van der Waals surface area contributed by atoms with Crippen LogP contribution in [-0.4, -0.2) is 24.9 Å². The maximum atomic E-state index is 10.8. The van der Waals surface area contributed by atoms with E-state index in [0.717, 1.165) is 54.9 Å². The molecule has 2 aromatic carbocycles. The summed E-state index contributed by atoms with van der Waals surface area (Å²) in [6, 6.07) is 15.0. The summed E-state index contributed by atoms with van der Waals surface area (Å²) in [5.74, 6) is 1.51. The molecule has 0 amide bonds. The fourth-order valence-corrected chi connectivity index (χ4v) is 3.76. The molecule has 0 heterocycles. The van der Waals surface area contributed by atoms with Crippen LogP contribution in [0.3, 0.4) is 0 Å². The van der Waals surface area contributed by atoms with Crippen molar-refractivity contribution in [2.45, 2.75) is 64.5 Å². The number of hydrogen-bond donors (Lipinski definition) is 2. The minimum atomic E-state index is -0.790. The first-order valence-corrected chi connectivity index (χ1v) is 11.0. The van der Waals surface area contributed by atoms with Gasteiger partial charge in [0.25, 0.3) is 0 Å². The van der Waals surface area contributed by atoms with Gasteiger partial charge in [-0.25, -0.2) is 0 Å². The molecule has 0 aliphatic heterocycles. The Hall–Kier alpha value is -2.04. The Balaban J connectivity index is 1.62. The van der Waals surface area contributed by atoms with E-state index in [1.807, 2.05) is 13.8 Å². The van der Waals surface area contributed by atoms with Crippen LogP contribution in [0.15, 0.2) is 42.5 Å². The van der Waals surface area contributed by atoms with Crippen molar-refractivity contribution in [1.82, 2.24) is 5.32 Å². The molecule has 0 bridgehead atoms. The molecule has 2 N–H and O–H groups in total. The summed E-state index contributed by atoms with van der Waals surface area (Å²) >= 11 is 0. The van der Waals surface area contributed by atoms with E-state index >= 15 is 0 Å². The maximum Gasteiger partial charge on any atom is 0.129 e. The van der Waals surface area contributed by atoms with Gasteiger partial charge in [0.2, 0.25) is 0 Å². The predicted molar refractivity (Wildman–Crippen MR) is 118 cm³/mol. The second kappa shape index (κ2) is 10.1. The first-order valence-electron chi connectivity index (χ1n) is 11.0. The zero-order valence-electron chi connectivity index (χ0n) is 18.0. The molecule has 29 heavy (non-hydrogen) atoms. The molecule has 4 nitrogen and oxygen atoms in total. The highest BCUT2D eigenvalue weighted by atomic mass is 16.5. The van der Waals surface area contributed by atoms with Crippen molar-refractivity contribution in [3.05, 3.63) is 59.2 Å². The molecule has 1 saturated carbocycles. The fraction of sp³-hybridized carbons (Fsp3) is 0.520. The average Bonchev–Trinajstić information content (AvgIpc) is 3.46. The summed E-state index contributed by atoms with van der Waals surface area (Å²) in [5.41, 5.74) is 2.56. The van der Waals surface area contributed by atoms with Crippen LogP contribution < -0.4 is 14.8 Å². The molecule has 1 atom stereocenters. The molecule has 0 saturated heterocycles. The highest BCUT2D eigenvalue weighted by Crippen LogP contribution is 2.53. The fourth-order valence-electron chi connectivity index (χ4n) is 3.76. The van der Waals surface area contributed by atoms with Gasteiger partial charge in [0, 0.05) is 6.04 Å². The molecule has 1 aliphatic carbocycles. The van der Waals surface area contributed by atoms with Gasteiger partial charge >= 0.3 is 0 Å². The van der Waals surface area contributed by atoms with Crippen molar-refractivity contribution in [3.63, 3.8) is 0 Å². The first-order chi connectivity index (χ1) is 14.1. The predicted octanol–water partition coefficient (Wildman–Crippen LogP) is 5.14. The quantitative estimate of drug-likeness (QED) is 0.487. The Kier molecular flexibility index (Phi) is 7.57. The van der Waals surface area contributed by atoms with Crippen molar-refractivity contribution < 1.29 is 14.6 Å². The van der Waals surface area contributed by atoms with Gasteiger partial charge in [-0.2, -0.15) is 0 Å². The van der Waals surface area contributed by atoms with E-state index in [9.17, 15) is 5.11 Å². The summed E-state index contributed by atoms with van der Waals surface area (Å²) in [6.07, 6.45) is 4.95. The highest BCUT2D eigenvalue weighted by Gasteiger charge is 2.47. The number of aliphatic hydroxyl groups is 1. The summed E-state index contributed by atoms with van der Waals surface area (Å²) < 4.78 is 11.8. The standard InChI is InChI=1S/C25H35NO3/c1-4-28-22-17-21(18-23(29-5-2)24(22)25(27)14-15-25)19(3)26-16-10-9-13-20-11-7-6-8-12-20/h6-8,11-12,17-19,26-27H,4-5,9-10,13-16H2,1-3H3/t19-/m1/s1. The molecular formula is C25H35NO3. The maximum absolute atomic E-state index is 10.8. The van der Waals surface area contributed by atoms with Crippen LogP contribution in [0.25, 0.3) is 0 Å². The van der Waals surface area contributed by atoms with E-state index in [-0.39, 0.29) is 6.04 Å². The lowest BCUT2D eigenvalue weighted by Crippen LogP contribution is -2.21. The van der Waals surface area contributed by atoms with Crippen LogP contribution in [0.1, 0.15) is 69.2 Å². The first kappa shape index (κ1) is 21.7. The number of ether oxygens (including phenoxy) is 2. The molecular weight excluding hydrogens is 362 g/mol. The summed E-state index contributed by atoms with van der Waals surface area (Å²) in [5, 5.41) is 14.4. The third-order valence-corrected chi connectivity index (χ3v) is 5.56. The minimum absolute atomic E-state index is 0.188. The van der Waals surface area contributed by atoms with E-state index in [0.29, 0.717) is 13.2 Å². The molecule has 0 aromatic heterocycles. The second-order valence-corrected chi connectivity index (χ2v) is 7.91. The van der Waals surface area contributed by atoms with Gasteiger partial charge in [-0.1, -0.05) is 30.3 Å². The van der Waals surface area contributed by atoms with Crippen LogP contribution in [0.5, 0.6) is 11.5 Å². The Bertz CT molecular complexity index is 744. The zero-order valence-corrected chi connectivity index (χ0v) is 18.0. The number of rotatable bonds is 12. The molecule has 0 spiro atoms. The summed E-state index contributed by atoms with van der Waals surface area (Å²) in [7, 11) is 0. The molecule has 0 radical (unpaired) electrons. The zero-order chi connectivity index (χ0) is 20.7.